The normalized spacial score (nSPS) is 11.1. The van der Waals surface area contributed by atoms with E-state index in [4.69, 9.17) is 9.97 Å². The molecule has 0 amide bonds. The molecular weight excluding hydrogens is 546 g/mol. The standard InChI is InChI=1S/C42H29N3/c1-3-14-30(15-4-1)38-23-13-24-40(44-38)45(32-16-5-2-6-17-32)33-27-25-31(26-28-33)41-34-18-7-9-20-36(34)42(39-22-11-12-29-43-39)37-21-10-8-19-35(37)41/h1-29H. The molecule has 8 aromatic rings. The van der Waals surface area contributed by atoms with Gasteiger partial charge < -0.3 is 0 Å². The van der Waals surface area contributed by atoms with Crippen molar-refractivity contribution in [1.29, 1.82) is 0 Å². The van der Waals surface area contributed by atoms with Crippen LogP contribution in [-0.2, 0) is 0 Å². The maximum Gasteiger partial charge on any atom is 0.138 e. The van der Waals surface area contributed by atoms with Gasteiger partial charge in [0.1, 0.15) is 5.82 Å². The predicted octanol–water partition coefficient (Wildman–Crippen LogP) is 11.3. The molecule has 0 radical (unpaired) electrons. The fourth-order valence-electron chi connectivity index (χ4n) is 6.31. The van der Waals surface area contributed by atoms with E-state index in [-0.39, 0.29) is 0 Å². The largest absolute Gasteiger partial charge is 0.295 e. The molecule has 0 N–H and O–H groups in total. The molecule has 2 aromatic heterocycles. The lowest BCUT2D eigenvalue weighted by Gasteiger charge is -2.25. The summed E-state index contributed by atoms with van der Waals surface area (Å²) in [5.41, 5.74) is 8.67. The summed E-state index contributed by atoms with van der Waals surface area (Å²) >= 11 is 0. The number of hydrogen-bond donors (Lipinski definition) is 0. The Morgan fingerprint density at radius 2 is 0.889 bits per heavy atom. The number of nitrogens with zero attached hydrogens (tertiary/aromatic N) is 3. The van der Waals surface area contributed by atoms with Gasteiger partial charge >= 0.3 is 0 Å². The molecule has 0 fully saturated rings. The van der Waals surface area contributed by atoms with E-state index in [9.17, 15) is 0 Å². The van der Waals surface area contributed by atoms with E-state index in [0.29, 0.717) is 0 Å². The molecule has 0 unspecified atom stereocenters. The van der Waals surface area contributed by atoms with Crippen molar-refractivity contribution in [1.82, 2.24) is 9.97 Å². The number of hydrogen-bond acceptors (Lipinski definition) is 3. The summed E-state index contributed by atoms with van der Waals surface area (Å²) in [6.07, 6.45) is 1.87. The number of rotatable bonds is 6. The number of benzene rings is 6. The fourth-order valence-corrected chi connectivity index (χ4v) is 6.31. The van der Waals surface area contributed by atoms with Crippen LogP contribution in [0.4, 0.5) is 17.2 Å². The molecule has 0 aliphatic rings. The lowest BCUT2D eigenvalue weighted by molar-refractivity contribution is 1.18. The van der Waals surface area contributed by atoms with Crippen LogP contribution in [0.3, 0.4) is 0 Å². The summed E-state index contributed by atoms with van der Waals surface area (Å²) < 4.78 is 0. The first kappa shape index (κ1) is 26.6. The summed E-state index contributed by atoms with van der Waals surface area (Å²) in [7, 11) is 0. The SMILES string of the molecule is c1ccc(-c2cccc(N(c3ccccc3)c3ccc(-c4c5ccccc5c(-c5ccccn5)c5ccccc45)cc3)n2)cc1. The van der Waals surface area contributed by atoms with Crippen LogP contribution < -0.4 is 4.90 Å². The first-order valence-corrected chi connectivity index (χ1v) is 15.2. The molecular formula is C42H29N3. The Morgan fingerprint density at radius 3 is 1.51 bits per heavy atom. The second-order valence-electron chi connectivity index (χ2n) is 11.0. The van der Waals surface area contributed by atoms with Crippen molar-refractivity contribution in [2.75, 3.05) is 4.90 Å². The Kier molecular flexibility index (Phi) is 6.82. The Hall–Kier alpha value is -6.06. The first-order chi connectivity index (χ1) is 22.3. The highest BCUT2D eigenvalue weighted by Crippen LogP contribution is 2.44. The van der Waals surface area contributed by atoms with Gasteiger partial charge in [-0.15, -0.1) is 0 Å². The smallest absolute Gasteiger partial charge is 0.138 e. The van der Waals surface area contributed by atoms with Crippen LogP contribution in [0.25, 0.3) is 55.2 Å². The molecule has 2 heterocycles. The van der Waals surface area contributed by atoms with Crippen molar-refractivity contribution in [3.63, 3.8) is 0 Å². The number of para-hydroxylation sites is 1. The van der Waals surface area contributed by atoms with E-state index < -0.39 is 0 Å². The molecule has 0 saturated heterocycles. The van der Waals surface area contributed by atoms with Crippen LogP contribution >= 0.6 is 0 Å². The van der Waals surface area contributed by atoms with E-state index in [1.807, 2.05) is 36.5 Å². The van der Waals surface area contributed by atoms with E-state index in [1.54, 1.807) is 0 Å². The fraction of sp³-hybridized carbons (Fsp3) is 0. The van der Waals surface area contributed by atoms with Gasteiger partial charge in [-0.3, -0.25) is 9.88 Å². The van der Waals surface area contributed by atoms with Gasteiger partial charge in [0.2, 0.25) is 0 Å². The minimum absolute atomic E-state index is 0.867. The molecule has 0 atom stereocenters. The molecule has 0 saturated carbocycles. The molecule has 6 aromatic carbocycles. The number of pyridine rings is 2. The summed E-state index contributed by atoms with van der Waals surface area (Å²) in [6.45, 7) is 0. The highest BCUT2D eigenvalue weighted by molar-refractivity contribution is 6.21. The Morgan fingerprint density at radius 1 is 0.356 bits per heavy atom. The van der Waals surface area contributed by atoms with Crippen LogP contribution in [0.5, 0.6) is 0 Å². The lowest BCUT2D eigenvalue weighted by Crippen LogP contribution is -2.11. The third kappa shape index (κ3) is 4.91. The maximum absolute atomic E-state index is 5.12. The van der Waals surface area contributed by atoms with Gasteiger partial charge in [0.05, 0.1) is 11.4 Å². The molecule has 3 nitrogen and oxygen atoms in total. The van der Waals surface area contributed by atoms with Gasteiger partial charge in [-0.25, -0.2) is 4.98 Å². The van der Waals surface area contributed by atoms with Crippen molar-refractivity contribution < 1.29 is 0 Å². The quantitative estimate of drug-likeness (QED) is 0.185. The average molecular weight is 576 g/mol. The first-order valence-electron chi connectivity index (χ1n) is 15.2. The molecule has 0 aliphatic heterocycles. The zero-order valence-electron chi connectivity index (χ0n) is 24.6. The van der Waals surface area contributed by atoms with E-state index in [0.717, 1.165) is 39.7 Å². The van der Waals surface area contributed by atoms with Crippen molar-refractivity contribution in [2.45, 2.75) is 0 Å². The zero-order chi connectivity index (χ0) is 30.0. The molecule has 0 aliphatic carbocycles. The molecule has 3 heteroatoms. The molecule has 45 heavy (non-hydrogen) atoms. The summed E-state index contributed by atoms with van der Waals surface area (Å²) in [6, 6.07) is 59.4. The summed E-state index contributed by atoms with van der Waals surface area (Å²) in [5.74, 6) is 0.867. The predicted molar refractivity (Wildman–Crippen MR) is 188 cm³/mol. The molecule has 212 valence electrons. The van der Waals surface area contributed by atoms with E-state index in [1.165, 1.54) is 32.7 Å². The van der Waals surface area contributed by atoms with Crippen LogP contribution in [0.15, 0.2) is 176 Å². The van der Waals surface area contributed by atoms with Gasteiger partial charge in [0.15, 0.2) is 0 Å². The molecule has 0 bridgehead atoms. The van der Waals surface area contributed by atoms with Crippen molar-refractivity contribution >= 4 is 38.7 Å². The lowest BCUT2D eigenvalue weighted by atomic mass is 9.87. The van der Waals surface area contributed by atoms with Crippen LogP contribution in [0.1, 0.15) is 0 Å². The summed E-state index contributed by atoms with van der Waals surface area (Å²) in [4.78, 5) is 12.1. The van der Waals surface area contributed by atoms with Crippen LogP contribution in [-0.4, -0.2) is 9.97 Å². The Bertz CT molecular complexity index is 2190. The van der Waals surface area contributed by atoms with Crippen molar-refractivity contribution in [3.8, 4) is 33.6 Å². The van der Waals surface area contributed by atoms with Crippen molar-refractivity contribution in [3.05, 3.63) is 176 Å². The molecule has 8 rings (SSSR count). The monoisotopic (exact) mass is 575 g/mol. The minimum atomic E-state index is 0.867. The Balaban J connectivity index is 1.29. The van der Waals surface area contributed by atoms with Crippen LogP contribution in [0.2, 0.25) is 0 Å². The average Bonchev–Trinajstić information content (AvgIpc) is 3.12. The second-order valence-corrected chi connectivity index (χ2v) is 11.0. The zero-order valence-corrected chi connectivity index (χ0v) is 24.6. The molecule has 0 spiro atoms. The van der Waals surface area contributed by atoms with E-state index in [2.05, 4.69) is 144 Å². The third-order valence-electron chi connectivity index (χ3n) is 8.31. The number of anilines is 3. The number of aromatic nitrogens is 2. The van der Waals surface area contributed by atoms with Gasteiger partial charge in [-0.1, -0.05) is 121 Å². The highest BCUT2D eigenvalue weighted by atomic mass is 15.2. The maximum atomic E-state index is 5.12. The topological polar surface area (TPSA) is 29.0 Å². The van der Waals surface area contributed by atoms with Crippen LogP contribution in [0, 0.1) is 0 Å². The second kappa shape index (κ2) is 11.6. The van der Waals surface area contributed by atoms with E-state index >= 15 is 0 Å². The minimum Gasteiger partial charge on any atom is -0.295 e. The third-order valence-corrected chi connectivity index (χ3v) is 8.31. The van der Waals surface area contributed by atoms with Crippen molar-refractivity contribution in [2.24, 2.45) is 0 Å². The Labute approximate surface area is 262 Å². The highest BCUT2D eigenvalue weighted by Gasteiger charge is 2.18. The number of fused-ring (bicyclic) bond motifs is 2. The van der Waals surface area contributed by atoms with Gasteiger partial charge in [0, 0.05) is 28.7 Å². The van der Waals surface area contributed by atoms with Gasteiger partial charge in [-0.2, -0.15) is 0 Å². The summed E-state index contributed by atoms with van der Waals surface area (Å²) in [5, 5.41) is 4.81. The van der Waals surface area contributed by atoms with Gasteiger partial charge in [0.25, 0.3) is 0 Å². The van der Waals surface area contributed by atoms with Gasteiger partial charge in [-0.05, 0) is 81.2 Å².